The topological polar surface area (TPSA) is 95.3 Å². The molecular formula is C18H20N3O3P. The molecule has 0 fully saturated rings. The summed E-state index contributed by atoms with van der Waals surface area (Å²) < 4.78 is 10.5. The van der Waals surface area contributed by atoms with Crippen molar-refractivity contribution in [1.82, 2.24) is 9.97 Å². The van der Waals surface area contributed by atoms with Crippen molar-refractivity contribution in [3.8, 4) is 0 Å². The van der Waals surface area contributed by atoms with E-state index in [1.54, 1.807) is 18.2 Å². The molecule has 3 N–H and O–H groups in total. The summed E-state index contributed by atoms with van der Waals surface area (Å²) in [6.45, 7) is 3.93. The van der Waals surface area contributed by atoms with Gasteiger partial charge in [0.15, 0.2) is 0 Å². The summed E-state index contributed by atoms with van der Waals surface area (Å²) in [4.78, 5) is 25.8. The van der Waals surface area contributed by atoms with Crippen LogP contribution in [0.2, 0.25) is 0 Å². The minimum atomic E-state index is -4.02. The van der Waals surface area contributed by atoms with E-state index in [0.717, 1.165) is 17.1 Å². The highest BCUT2D eigenvalue weighted by atomic mass is 31.2. The Hall–Kier alpha value is -2.53. The maximum Gasteiger partial charge on any atom is 0.356 e. The second-order valence-corrected chi connectivity index (χ2v) is 6.95. The van der Waals surface area contributed by atoms with Gasteiger partial charge in [-0.15, -0.1) is 0 Å². The Morgan fingerprint density at radius 2 is 1.32 bits per heavy atom. The van der Waals surface area contributed by atoms with Crippen molar-refractivity contribution >= 4 is 24.5 Å². The van der Waals surface area contributed by atoms with E-state index in [0.29, 0.717) is 5.95 Å². The second kappa shape index (κ2) is 8.53. The van der Waals surface area contributed by atoms with E-state index in [2.05, 4.69) is 15.3 Å². The summed E-state index contributed by atoms with van der Waals surface area (Å²) in [6, 6.07) is 19.6. The van der Waals surface area contributed by atoms with Crippen molar-refractivity contribution in [3.05, 3.63) is 78.1 Å². The third-order valence-corrected chi connectivity index (χ3v) is 4.08. The largest absolute Gasteiger partial charge is 0.356 e. The Morgan fingerprint density at radius 3 is 1.76 bits per heavy atom. The molecule has 0 aliphatic heterocycles. The fraction of sp³-hybridized carbons (Fsp3) is 0.111. The number of para-hydroxylation sites is 1. The number of hydrogen-bond donors (Lipinski definition) is 3. The molecule has 0 radical (unpaired) electrons. The Morgan fingerprint density at radius 1 is 0.840 bits per heavy atom. The van der Waals surface area contributed by atoms with Crippen LogP contribution in [0.25, 0.3) is 0 Å². The third kappa shape index (κ3) is 6.47. The van der Waals surface area contributed by atoms with Crippen LogP contribution in [0.4, 0.5) is 11.6 Å². The van der Waals surface area contributed by atoms with Crippen LogP contribution in [-0.4, -0.2) is 19.8 Å². The predicted octanol–water partition coefficient (Wildman–Crippen LogP) is 3.33. The van der Waals surface area contributed by atoms with Gasteiger partial charge >= 0.3 is 7.60 Å². The Balaban J connectivity index is 0.000000196. The van der Waals surface area contributed by atoms with E-state index in [4.69, 9.17) is 9.79 Å². The number of rotatable bonds is 3. The van der Waals surface area contributed by atoms with Gasteiger partial charge in [-0.1, -0.05) is 36.4 Å². The monoisotopic (exact) mass is 357 g/mol. The third-order valence-electron chi connectivity index (χ3n) is 3.10. The minimum Gasteiger partial charge on any atom is -0.324 e. The number of nitrogens with one attached hydrogen (secondary N) is 1. The number of aromatic nitrogens is 2. The van der Waals surface area contributed by atoms with Gasteiger partial charge in [-0.25, -0.2) is 9.97 Å². The summed E-state index contributed by atoms with van der Waals surface area (Å²) in [5.74, 6) is 0.652. The zero-order chi connectivity index (χ0) is 18.3. The van der Waals surface area contributed by atoms with Crippen LogP contribution in [-0.2, 0) is 4.57 Å². The first-order valence-electron chi connectivity index (χ1n) is 7.60. The quantitative estimate of drug-likeness (QED) is 0.623. The number of hydrogen-bond acceptors (Lipinski definition) is 4. The summed E-state index contributed by atoms with van der Waals surface area (Å²) >= 11 is 0. The Labute approximate surface area is 146 Å². The van der Waals surface area contributed by atoms with Gasteiger partial charge < -0.3 is 15.1 Å². The maximum absolute atomic E-state index is 10.5. The zero-order valence-corrected chi connectivity index (χ0v) is 14.9. The van der Waals surface area contributed by atoms with Crippen molar-refractivity contribution in [2.75, 3.05) is 5.32 Å². The molecule has 3 aromatic rings. The highest BCUT2D eigenvalue weighted by Crippen LogP contribution is 2.32. The molecule has 3 rings (SSSR count). The van der Waals surface area contributed by atoms with Gasteiger partial charge in [0.05, 0.1) is 5.30 Å². The highest BCUT2D eigenvalue weighted by molar-refractivity contribution is 7.60. The second-order valence-electron chi connectivity index (χ2n) is 5.34. The number of benzene rings is 2. The molecule has 1 heterocycles. The first kappa shape index (κ1) is 18.8. The molecule has 0 atom stereocenters. The molecule has 6 nitrogen and oxygen atoms in total. The molecule has 1 aromatic heterocycles. The van der Waals surface area contributed by atoms with Gasteiger partial charge in [0.25, 0.3) is 0 Å². The molecule has 0 spiro atoms. The maximum atomic E-state index is 10.5. The smallest absolute Gasteiger partial charge is 0.324 e. The van der Waals surface area contributed by atoms with Crippen LogP contribution in [0, 0.1) is 13.8 Å². The summed E-state index contributed by atoms with van der Waals surface area (Å²) in [5, 5.41) is 3.23. The molecule has 2 aromatic carbocycles. The molecule has 7 heteroatoms. The van der Waals surface area contributed by atoms with E-state index >= 15 is 0 Å². The number of aryl methyl sites for hydroxylation is 2. The molecule has 0 bridgehead atoms. The lowest BCUT2D eigenvalue weighted by Gasteiger charge is -2.05. The molecule has 0 amide bonds. The average Bonchev–Trinajstić information content (AvgIpc) is 2.55. The fourth-order valence-electron chi connectivity index (χ4n) is 2.05. The Kier molecular flexibility index (Phi) is 6.42. The first-order valence-corrected chi connectivity index (χ1v) is 9.21. The van der Waals surface area contributed by atoms with E-state index < -0.39 is 7.60 Å². The number of nitrogens with zero attached hydrogens (tertiary/aromatic N) is 2. The van der Waals surface area contributed by atoms with Crippen molar-refractivity contribution in [2.45, 2.75) is 13.8 Å². The molecular weight excluding hydrogens is 337 g/mol. The van der Waals surface area contributed by atoms with Crippen LogP contribution in [0.1, 0.15) is 11.4 Å². The number of anilines is 2. The van der Waals surface area contributed by atoms with E-state index in [9.17, 15) is 4.57 Å². The van der Waals surface area contributed by atoms with E-state index in [1.165, 1.54) is 12.1 Å². The van der Waals surface area contributed by atoms with Gasteiger partial charge in [0.2, 0.25) is 5.95 Å². The average molecular weight is 357 g/mol. The van der Waals surface area contributed by atoms with Crippen molar-refractivity contribution in [3.63, 3.8) is 0 Å². The van der Waals surface area contributed by atoms with Crippen LogP contribution >= 0.6 is 7.60 Å². The van der Waals surface area contributed by atoms with Gasteiger partial charge in [-0.3, -0.25) is 4.57 Å². The molecule has 0 saturated heterocycles. The fourth-order valence-corrected chi connectivity index (χ4v) is 2.62. The molecule has 0 saturated carbocycles. The lowest BCUT2D eigenvalue weighted by molar-refractivity contribution is 0.387. The van der Waals surface area contributed by atoms with Crippen LogP contribution in [0.5, 0.6) is 0 Å². The highest BCUT2D eigenvalue weighted by Gasteiger charge is 2.14. The van der Waals surface area contributed by atoms with E-state index in [1.807, 2.05) is 50.2 Å². The summed E-state index contributed by atoms with van der Waals surface area (Å²) in [5.41, 5.74) is 2.95. The lowest BCUT2D eigenvalue weighted by atomic mass is 10.3. The van der Waals surface area contributed by atoms with Crippen molar-refractivity contribution in [1.29, 1.82) is 0 Å². The van der Waals surface area contributed by atoms with Gasteiger partial charge in [0, 0.05) is 17.1 Å². The molecule has 0 aliphatic rings. The van der Waals surface area contributed by atoms with E-state index in [-0.39, 0.29) is 5.30 Å². The molecule has 0 unspecified atom stereocenters. The van der Waals surface area contributed by atoms with Crippen LogP contribution in [0.3, 0.4) is 0 Å². The molecule has 25 heavy (non-hydrogen) atoms. The van der Waals surface area contributed by atoms with Crippen molar-refractivity contribution in [2.24, 2.45) is 0 Å². The summed E-state index contributed by atoms with van der Waals surface area (Å²) in [6.07, 6.45) is 0. The zero-order valence-electron chi connectivity index (χ0n) is 14.0. The normalized spacial score (nSPS) is 10.6. The lowest BCUT2D eigenvalue weighted by Crippen LogP contribution is -2.01. The SMILES string of the molecule is Cc1cc(C)nc(Nc2ccccc2)n1.O=P(O)(O)c1ccccc1. The summed E-state index contributed by atoms with van der Waals surface area (Å²) in [7, 11) is -4.02. The van der Waals surface area contributed by atoms with Gasteiger partial charge in [0.1, 0.15) is 0 Å². The van der Waals surface area contributed by atoms with Gasteiger partial charge in [-0.05, 0) is 44.2 Å². The standard InChI is InChI=1S/C12H13N3.C6H7O3P/c1-9-8-10(2)14-12(13-9)15-11-6-4-3-5-7-11;7-10(8,9)6-4-2-1-3-5-6/h3-8H,1-2H3,(H,13,14,15);1-5H,(H2,7,8,9). The minimum absolute atomic E-state index is 0.0648. The van der Waals surface area contributed by atoms with Crippen LogP contribution < -0.4 is 10.6 Å². The van der Waals surface area contributed by atoms with Crippen LogP contribution in [0.15, 0.2) is 66.7 Å². The molecule has 130 valence electrons. The van der Waals surface area contributed by atoms with Gasteiger partial charge in [-0.2, -0.15) is 0 Å². The Bertz CT molecular complexity index is 832. The first-order chi connectivity index (χ1) is 11.8. The predicted molar refractivity (Wildman–Crippen MR) is 99.4 cm³/mol. The van der Waals surface area contributed by atoms with Crippen molar-refractivity contribution < 1.29 is 14.4 Å². The molecule has 0 aliphatic carbocycles.